The first-order valence-corrected chi connectivity index (χ1v) is 8.84. The Hall–Kier alpha value is -2.06. The zero-order valence-electron chi connectivity index (χ0n) is 14.1. The van der Waals surface area contributed by atoms with Crippen LogP contribution in [0.4, 0.5) is 0 Å². The summed E-state index contributed by atoms with van der Waals surface area (Å²) in [5.74, 6) is -2.13. The SMILES string of the molecule is C[C@@H](O)[C@@H](NC(=O)[C@H]1N2C(=O)c3ccccc3[C@@H]2SC1(C)C)C(=O)O. The lowest BCUT2D eigenvalue weighted by molar-refractivity contribution is -0.145. The molecule has 0 radical (unpaired) electrons. The third kappa shape index (κ3) is 2.79. The highest BCUT2D eigenvalue weighted by Gasteiger charge is 2.57. The van der Waals surface area contributed by atoms with E-state index in [-0.39, 0.29) is 11.3 Å². The van der Waals surface area contributed by atoms with E-state index >= 15 is 0 Å². The number of fused-ring (bicyclic) bond motifs is 3. The summed E-state index contributed by atoms with van der Waals surface area (Å²) in [6, 6.07) is 4.98. The van der Waals surface area contributed by atoms with E-state index in [0.29, 0.717) is 5.56 Å². The molecule has 2 amide bonds. The fourth-order valence-corrected chi connectivity index (χ4v) is 5.01. The van der Waals surface area contributed by atoms with Crippen molar-refractivity contribution in [1.82, 2.24) is 10.2 Å². The molecule has 1 aromatic rings. The van der Waals surface area contributed by atoms with Crippen LogP contribution in [-0.2, 0) is 9.59 Å². The molecule has 2 aliphatic rings. The monoisotopic (exact) mass is 364 g/mol. The summed E-state index contributed by atoms with van der Waals surface area (Å²) in [6.07, 6.45) is -1.25. The average molecular weight is 364 g/mol. The normalized spacial score (nSPS) is 25.9. The van der Waals surface area contributed by atoms with E-state index in [0.717, 1.165) is 5.56 Å². The fourth-order valence-electron chi connectivity index (χ4n) is 3.43. The van der Waals surface area contributed by atoms with Crippen LogP contribution in [0.1, 0.15) is 42.1 Å². The fraction of sp³-hybridized carbons (Fsp3) is 0.471. The number of hydrogen-bond acceptors (Lipinski definition) is 5. The summed E-state index contributed by atoms with van der Waals surface area (Å²) in [7, 11) is 0. The van der Waals surface area contributed by atoms with Crippen LogP contribution in [0.25, 0.3) is 0 Å². The smallest absolute Gasteiger partial charge is 0.328 e. The summed E-state index contributed by atoms with van der Waals surface area (Å²) in [5, 5.41) is 20.9. The Bertz CT molecular complexity index is 748. The summed E-state index contributed by atoms with van der Waals surface area (Å²) in [5.41, 5.74) is 1.43. The molecule has 0 unspecified atom stereocenters. The summed E-state index contributed by atoms with van der Waals surface area (Å²) in [6.45, 7) is 5.01. The van der Waals surface area contributed by atoms with Crippen LogP contribution in [0.2, 0.25) is 0 Å². The molecule has 3 N–H and O–H groups in total. The van der Waals surface area contributed by atoms with Gasteiger partial charge in [-0.25, -0.2) is 4.79 Å². The molecule has 0 spiro atoms. The van der Waals surface area contributed by atoms with Gasteiger partial charge in [-0.3, -0.25) is 9.59 Å². The Labute approximate surface area is 149 Å². The number of nitrogens with zero attached hydrogens (tertiary/aromatic N) is 1. The number of nitrogens with one attached hydrogen (secondary N) is 1. The molecule has 134 valence electrons. The number of carbonyl (C=O) groups is 3. The van der Waals surface area contributed by atoms with E-state index in [1.807, 2.05) is 26.0 Å². The molecular formula is C17H20N2O5S. The lowest BCUT2D eigenvalue weighted by Gasteiger charge is -2.31. The van der Waals surface area contributed by atoms with Crippen molar-refractivity contribution in [3.8, 4) is 0 Å². The summed E-state index contributed by atoms with van der Waals surface area (Å²) >= 11 is 1.50. The zero-order chi connectivity index (χ0) is 18.5. The first-order chi connectivity index (χ1) is 11.6. The molecule has 4 atom stereocenters. The lowest BCUT2D eigenvalue weighted by Crippen LogP contribution is -2.57. The molecule has 0 aromatic heterocycles. The van der Waals surface area contributed by atoms with Crippen molar-refractivity contribution in [3.63, 3.8) is 0 Å². The van der Waals surface area contributed by atoms with E-state index in [1.165, 1.54) is 23.6 Å². The van der Waals surface area contributed by atoms with Crippen molar-refractivity contribution in [2.75, 3.05) is 0 Å². The highest BCUT2D eigenvalue weighted by atomic mass is 32.2. The molecule has 2 aliphatic heterocycles. The molecule has 2 heterocycles. The first kappa shape index (κ1) is 17.8. The van der Waals surface area contributed by atoms with Crippen LogP contribution in [0.15, 0.2) is 24.3 Å². The van der Waals surface area contributed by atoms with Crippen LogP contribution in [-0.4, -0.2) is 55.8 Å². The predicted octanol–water partition coefficient (Wildman–Crippen LogP) is 0.985. The topological polar surface area (TPSA) is 107 Å². The van der Waals surface area contributed by atoms with Gasteiger partial charge in [0.15, 0.2) is 6.04 Å². The van der Waals surface area contributed by atoms with Gasteiger partial charge in [0.25, 0.3) is 5.91 Å². The van der Waals surface area contributed by atoms with Gasteiger partial charge in [0.05, 0.1) is 6.10 Å². The quantitative estimate of drug-likeness (QED) is 0.735. The number of carboxylic acid groups (broad SMARTS) is 1. The number of amides is 2. The van der Waals surface area contributed by atoms with Gasteiger partial charge in [0.2, 0.25) is 5.91 Å². The number of aliphatic hydroxyl groups excluding tert-OH is 1. The molecule has 0 aliphatic carbocycles. The number of carbonyl (C=O) groups excluding carboxylic acids is 2. The van der Waals surface area contributed by atoms with Gasteiger partial charge in [-0.05, 0) is 32.4 Å². The summed E-state index contributed by atoms with van der Waals surface area (Å²) < 4.78 is -0.598. The standard InChI is InChI=1S/C17H20N2O5S/c1-8(20)11(16(23)24)18-13(21)12-17(2,3)25-15-10-7-5-4-6-9(10)14(22)19(12)15/h4-8,11-12,15,20H,1-3H3,(H,18,21)(H,23,24)/t8-,11-,12-,15+/m1/s1. The number of hydrogen-bond donors (Lipinski definition) is 3. The molecule has 7 nitrogen and oxygen atoms in total. The second-order valence-electron chi connectivity index (χ2n) is 6.84. The molecule has 1 aromatic carbocycles. The van der Waals surface area contributed by atoms with Gasteiger partial charge >= 0.3 is 5.97 Å². The maximum absolute atomic E-state index is 12.8. The third-order valence-corrected chi connectivity index (χ3v) is 6.13. The van der Waals surface area contributed by atoms with Crippen LogP contribution in [0.3, 0.4) is 0 Å². The molecule has 1 fully saturated rings. The minimum Gasteiger partial charge on any atom is -0.480 e. The Kier molecular flexibility index (Phi) is 4.28. The zero-order valence-corrected chi connectivity index (χ0v) is 14.9. The van der Waals surface area contributed by atoms with Crippen LogP contribution < -0.4 is 5.32 Å². The van der Waals surface area contributed by atoms with E-state index in [2.05, 4.69) is 5.32 Å². The highest BCUT2D eigenvalue weighted by molar-refractivity contribution is 8.01. The van der Waals surface area contributed by atoms with E-state index in [4.69, 9.17) is 0 Å². The van der Waals surface area contributed by atoms with Gasteiger partial charge < -0.3 is 20.4 Å². The van der Waals surface area contributed by atoms with Gasteiger partial charge in [-0.1, -0.05) is 18.2 Å². The van der Waals surface area contributed by atoms with Gasteiger partial charge in [-0.15, -0.1) is 11.8 Å². The number of rotatable bonds is 4. The molecule has 25 heavy (non-hydrogen) atoms. The second kappa shape index (κ2) is 6.03. The van der Waals surface area contributed by atoms with Crippen LogP contribution in [0.5, 0.6) is 0 Å². The predicted molar refractivity (Wildman–Crippen MR) is 92.1 cm³/mol. The Balaban J connectivity index is 1.93. The lowest BCUT2D eigenvalue weighted by atomic mass is 10.00. The number of aliphatic carboxylic acids is 1. The first-order valence-electron chi connectivity index (χ1n) is 7.96. The number of thioether (sulfide) groups is 1. The largest absolute Gasteiger partial charge is 0.480 e. The van der Waals surface area contributed by atoms with Gasteiger partial charge in [-0.2, -0.15) is 0 Å². The molecular weight excluding hydrogens is 344 g/mol. The summed E-state index contributed by atoms with van der Waals surface area (Å²) in [4.78, 5) is 38.4. The maximum atomic E-state index is 12.8. The Morgan fingerprint density at radius 2 is 1.96 bits per heavy atom. The Morgan fingerprint density at radius 1 is 1.32 bits per heavy atom. The van der Waals surface area contributed by atoms with Crippen molar-refractivity contribution < 1.29 is 24.6 Å². The van der Waals surface area contributed by atoms with Crippen molar-refractivity contribution in [1.29, 1.82) is 0 Å². The minimum atomic E-state index is -1.42. The van der Waals surface area contributed by atoms with Gasteiger partial charge in [0, 0.05) is 10.3 Å². The number of aliphatic hydroxyl groups is 1. The third-order valence-electron chi connectivity index (χ3n) is 4.59. The minimum absolute atomic E-state index is 0.234. The van der Waals surface area contributed by atoms with Crippen molar-refractivity contribution in [2.45, 2.75) is 49.1 Å². The van der Waals surface area contributed by atoms with E-state index in [9.17, 15) is 24.6 Å². The second-order valence-corrected chi connectivity index (χ2v) is 8.58. The Morgan fingerprint density at radius 3 is 2.56 bits per heavy atom. The molecule has 1 saturated heterocycles. The van der Waals surface area contributed by atoms with Crippen LogP contribution in [0, 0.1) is 0 Å². The number of carboxylic acids is 1. The average Bonchev–Trinajstić information content (AvgIpc) is 2.95. The highest BCUT2D eigenvalue weighted by Crippen LogP contribution is 2.56. The van der Waals surface area contributed by atoms with Crippen LogP contribution >= 0.6 is 11.8 Å². The molecule has 3 rings (SSSR count). The molecule has 0 saturated carbocycles. The van der Waals surface area contributed by atoms with E-state index < -0.39 is 34.8 Å². The van der Waals surface area contributed by atoms with Gasteiger partial charge in [0.1, 0.15) is 11.4 Å². The van der Waals surface area contributed by atoms with Crippen molar-refractivity contribution >= 4 is 29.5 Å². The maximum Gasteiger partial charge on any atom is 0.328 e. The van der Waals surface area contributed by atoms with E-state index in [1.54, 1.807) is 12.1 Å². The molecule has 8 heteroatoms. The van der Waals surface area contributed by atoms with Crippen molar-refractivity contribution in [3.05, 3.63) is 35.4 Å². The number of benzene rings is 1. The van der Waals surface area contributed by atoms with Crippen molar-refractivity contribution in [2.24, 2.45) is 0 Å². The molecule has 0 bridgehead atoms.